The van der Waals surface area contributed by atoms with Crippen LogP contribution < -0.4 is 0 Å². The number of hydrogen-bond acceptors (Lipinski definition) is 6. The van der Waals surface area contributed by atoms with Crippen molar-refractivity contribution in [2.75, 3.05) is 6.61 Å². The van der Waals surface area contributed by atoms with Gasteiger partial charge in [0.1, 0.15) is 12.2 Å². The second-order valence-corrected chi connectivity index (χ2v) is 17.2. The average molecular weight is 599 g/mol. The fourth-order valence-electron chi connectivity index (χ4n) is 11.8. The van der Waals surface area contributed by atoms with E-state index in [1.165, 1.54) is 19.4 Å². The van der Waals surface area contributed by atoms with Gasteiger partial charge >= 0.3 is 17.9 Å². The molecule has 5 rings (SSSR count). The molecule has 0 heterocycles. The van der Waals surface area contributed by atoms with E-state index in [1.807, 2.05) is 0 Å². The lowest BCUT2D eigenvalue weighted by Crippen LogP contribution is -2.67. The fraction of sp³-hybridized carbons (Fsp3) is 0.865. The smallest absolute Gasteiger partial charge is 0.312 e. The van der Waals surface area contributed by atoms with Gasteiger partial charge in [-0.25, -0.2) is 0 Å². The summed E-state index contributed by atoms with van der Waals surface area (Å²) in [5.74, 6) is 0.320. The van der Waals surface area contributed by atoms with Crippen molar-refractivity contribution in [3.63, 3.8) is 0 Å². The molecule has 0 aromatic carbocycles. The van der Waals surface area contributed by atoms with Crippen molar-refractivity contribution in [2.24, 2.45) is 50.2 Å². The van der Waals surface area contributed by atoms with Crippen molar-refractivity contribution >= 4 is 17.9 Å². The van der Waals surface area contributed by atoms with Crippen molar-refractivity contribution in [3.8, 4) is 0 Å². The maximum atomic E-state index is 13.9. The lowest BCUT2D eigenvalue weighted by atomic mass is 9.33. The van der Waals surface area contributed by atoms with E-state index in [1.54, 1.807) is 0 Å². The van der Waals surface area contributed by atoms with Gasteiger partial charge in [0.25, 0.3) is 0 Å². The molecule has 0 unspecified atom stereocenters. The summed E-state index contributed by atoms with van der Waals surface area (Å²) < 4.78 is 17.9. The lowest BCUT2D eigenvalue weighted by molar-refractivity contribution is -0.244. The molecular formula is C37H58O6. The number of carbonyl (C=O) groups excluding carboxylic acids is 3. The molecule has 43 heavy (non-hydrogen) atoms. The number of allylic oxidation sites excluding steroid dienone is 2. The summed E-state index contributed by atoms with van der Waals surface area (Å²) in [6.45, 7) is 22.1. The Balaban J connectivity index is 1.57. The monoisotopic (exact) mass is 598 g/mol. The van der Waals surface area contributed by atoms with Crippen molar-refractivity contribution in [2.45, 2.75) is 146 Å². The molecule has 0 amide bonds. The summed E-state index contributed by atoms with van der Waals surface area (Å²) in [7, 11) is 0. The van der Waals surface area contributed by atoms with Crippen LogP contribution in [0.2, 0.25) is 0 Å². The molecule has 0 aromatic rings. The minimum atomic E-state index is -0.468. The van der Waals surface area contributed by atoms with Crippen molar-refractivity contribution < 1.29 is 28.6 Å². The number of hydrogen-bond donors (Lipinski definition) is 0. The van der Waals surface area contributed by atoms with Crippen LogP contribution in [0, 0.1) is 50.2 Å². The molecule has 6 nitrogen and oxygen atoms in total. The Morgan fingerprint density at radius 3 is 2.12 bits per heavy atom. The molecule has 0 spiro atoms. The van der Waals surface area contributed by atoms with E-state index in [0.717, 1.165) is 57.8 Å². The van der Waals surface area contributed by atoms with Gasteiger partial charge in [0.05, 0.1) is 12.0 Å². The molecule has 0 aromatic heterocycles. The van der Waals surface area contributed by atoms with Gasteiger partial charge in [0.15, 0.2) is 0 Å². The minimum Gasteiger partial charge on any atom is -0.465 e. The van der Waals surface area contributed by atoms with Crippen LogP contribution in [-0.4, -0.2) is 36.7 Å². The van der Waals surface area contributed by atoms with Crippen LogP contribution in [0.4, 0.5) is 0 Å². The van der Waals surface area contributed by atoms with E-state index in [0.29, 0.717) is 24.9 Å². The first-order valence-corrected chi connectivity index (χ1v) is 17.1. The highest BCUT2D eigenvalue weighted by atomic mass is 16.6. The maximum absolute atomic E-state index is 13.9. The average Bonchev–Trinajstić information content (AvgIpc) is 2.89. The van der Waals surface area contributed by atoms with Gasteiger partial charge in [-0.2, -0.15) is 0 Å². The molecule has 5 aliphatic carbocycles. The topological polar surface area (TPSA) is 78.9 Å². The highest BCUT2D eigenvalue weighted by molar-refractivity contribution is 5.79. The third kappa shape index (κ3) is 4.82. The van der Waals surface area contributed by atoms with Crippen LogP contribution >= 0.6 is 0 Å². The highest BCUT2D eigenvalue weighted by Crippen LogP contribution is 2.76. The minimum absolute atomic E-state index is 0.0235. The summed E-state index contributed by atoms with van der Waals surface area (Å²) >= 11 is 0. The van der Waals surface area contributed by atoms with Crippen molar-refractivity contribution in [3.05, 3.63) is 11.6 Å². The number of fused-ring (bicyclic) bond motifs is 7. The van der Waals surface area contributed by atoms with Gasteiger partial charge in [0, 0.05) is 19.3 Å². The Labute approximate surface area is 260 Å². The second-order valence-electron chi connectivity index (χ2n) is 17.2. The quantitative estimate of drug-likeness (QED) is 0.180. The zero-order valence-electron chi connectivity index (χ0n) is 28.7. The molecule has 4 saturated carbocycles. The Morgan fingerprint density at radius 1 is 0.837 bits per heavy atom. The van der Waals surface area contributed by atoms with Crippen molar-refractivity contribution in [1.82, 2.24) is 0 Å². The predicted octanol–water partition coefficient (Wildman–Crippen LogP) is 8.21. The van der Waals surface area contributed by atoms with Gasteiger partial charge in [-0.1, -0.05) is 67.0 Å². The van der Waals surface area contributed by atoms with Gasteiger partial charge in [-0.05, 0) is 104 Å². The molecule has 4 fully saturated rings. The summed E-state index contributed by atoms with van der Waals surface area (Å²) in [5.41, 5.74) is 0.868. The zero-order chi connectivity index (χ0) is 31.8. The van der Waals surface area contributed by atoms with Crippen LogP contribution in [0.5, 0.6) is 0 Å². The summed E-state index contributed by atoms with van der Waals surface area (Å²) in [4.78, 5) is 38.5. The van der Waals surface area contributed by atoms with E-state index in [2.05, 4.69) is 61.5 Å². The van der Waals surface area contributed by atoms with E-state index in [-0.39, 0.29) is 50.9 Å². The Kier molecular flexibility index (Phi) is 8.03. The fourth-order valence-corrected chi connectivity index (χ4v) is 11.8. The second kappa shape index (κ2) is 10.6. The molecule has 242 valence electrons. The summed E-state index contributed by atoms with van der Waals surface area (Å²) in [6, 6.07) is 0. The SMILES string of the molecule is CCCOC(=O)[C@@]12CCC(C)(C)C[C@@H]1C1=CC[C@H]3[C@@]4(C)C[C@H](OC(C)=O)[C@H](OC(C)=O)C(C)(C)[C@@H]4CC[C@@]3(C)[C@]1(C)CC2. The number of carbonyl (C=O) groups is 3. The molecule has 0 bridgehead atoms. The number of rotatable bonds is 5. The number of esters is 3. The van der Waals surface area contributed by atoms with Gasteiger partial charge in [0.2, 0.25) is 0 Å². The summed E-state index contributed by atoms with van der Waals surface area (Å²) in [5, 5.41) is 0. The predicted molar refractivity (Wildman–Crippen MR) is 167 cm³/mol. The normalized spacial score (nSPS) is 44.3. The van der Waals surface area contributed by atoms with E-state index >= 15 is 0 Å². The van der Waals surface area contributed by atoms with Crippen LogP contribution in [0.1, 0.15) is 133 Å². The van der Waals surface area contributed by atoms with E-state index in [4.69, 9.17) is 14.2 Å². The third-order valence-corrected chi connectivity index (χ3v) is 14.0. The molecule has 6 heteroatoms. The van der Waals surface area contributed by atoms with Crippen molar-refractivity contribution in [1.29, 1.82) is 0 Å². The first-order valence-electron chi connectivity index (χ1n) is 17.1. The molecule has 9 atom stereocenters. The number of ether oxygens (including phenoxy) is 3. The molecule has 5 aliphatic rings. The Morgan fingerprint density at radius 2 is 1.49 bits per heavy atom. The van der Waals surface area contributed by atoms with Crippen LogP contribution in [0.3, 0.4) is 0 Å². The van der Waals surface area contributed by atoms with Crippen LogP contribution in [-0.2, 0) is 28.6 Å². The molecule has 0 saturated heterocycles. The first-order chi connectivity index (χ1) is 19.9. The maximum Gasteiger partial charge on any atom is 0.312 e. The van der Waals surface area contributed by atoms with E-state index < -0.39 is 17.6 Å². The standard InChI is InChI=1S/C37H58O6/c1-11-20-41-31(40)37-18-16-32(4,5)21-26(37)25-12-13-29-34(8)22-27(42-23(2)38)30(43-24(3)39)33(6,7)28(34)14-15-36(29,10)35(25,9)17-19-37/h12,26-30H,11,13-22H2,1-10H3/t26-,27+,28+,29+,30+,34+,35-,36-,37-/m1/s1. The third-order valence-electron chi connectivity index (χ3n) is 14.0. The highest BCUT2D eigenvalue weighted by Gasteiger charge is 2.71. The largest absolute Gasteiger partial charge is 0.465 e. The first kappa shape index (κ1) is 32.5. The molecule has 0 N–H and O–H groups in total. The zero-order valence-corrected chi connectivity index (χ0v) is 28.7. The van der Waals surface area contributed by atoms with Gasteiger partial charge in [-0.15, -0.1) is 0 Å². The van der Waals surface area contributed by atoms with Crippen LogP contribution in [0.25, 0.3) is 0 Å². The molecule has 0 radical (unpaired) electrons. The molecular weight excluding hydrogens is 540 g/mol. The molecule has 0 aliphatic heterocycles. The Bertz CT molecular complexity index is 1180. The van der Waals surface area contributed by atoms with E-state index in [9.17, 15) is 14.4 Å². The van der Waals surface area contributed by atoms with Gasteiger partial charge < -0.3 is 14.2 Å². The van der Waals surface area contributed by atoms with Crippen LogP contribution in [0.15, 0.2) is 11.6 Å². The summed E-state index contributed by atoms with van der Waals surface area (Å²) in [6.07, 6.45) is 11.2. The lowest BCUT2D eigenvalue weighted by Gasteiger charge is -2.71. The van der Waals surface area contributed by atoms with Gasteiger partial charge in [-0.3, -0.25) is 14.4 Å². The Hall–Kier alpha value is -1.85.